The summed E-state index contributed by atoms with van der Waals surface area (Å²) >= 11 is 0. The minimum atomic E-state index is -0.519. The van der Waals surface area contributed by atoms with Crippen molar-refractivity contribution in [3.05, 3.63) is 29.8 Å². The second-order valence-electron chi connectivity index (χ2n) is 6.50. The Morgan fingerprint density at radius 2 is 1.95 bits per heavy atom. The van der Waals surface area contributed by atoms with Crippen LogP contribution in [0.3, 0.4) is 0 Å². The fourth-order valence-electron chi connectivity index (χ4n) is 2.38. The maximum atomic E-state index is 12.0. The predicted octanol–water partition coefficient (Wildman–Crippen LogP) is 2.75. The summed E-state index contributed by atoms with van der Waals surface area (Å²) in [6.07, 6.45) is 1.25. The van der Waals surface area contributed by atoms with Gasteiger partial charge in [-0.25, -0.2) is 4.79 Å². The van der Waals surface area contributed by atoms with E-state index in [0.29, 0.717) is 0 Å². The van der Waals surface area contributed by atoms with E-state index < -0.39 is 17.2 Å². The second-order valence-corrected chi connectivity index (χ2v) is 6.50. The number of ether oxygens (including phenoxy) is 2. The number of hydrogen-bond donors (Lipinski definition) is 2. The first kappa shape index (κ1) is 15.6. The van der Waals surface area contributed by atoms with Gasteiger partial charge in [-0.3, -0.25) is 0 Å². The summed E-state index contributed by atoms with van der Waals surface area (Å²) < 4.78 is 10.7. The Kier molecular flexibility index (Phi) is 4.14. The van der Waals surface area contributed by atoms with E-state index in [1.165, 1.54) is 0 Å². The number of para-hydroxylation sites is 1. The van der Waals surface area contributed by atoms with Gasteiger partial charge in [-0.15, -0.1) is 0 Å². The molecule has 0 spiro atoms. The van der Waals surface area contributed by atoms with Crippen LogP contribution in [0.2, 0.25) is 0 Å². The number of hydrogen-bond acceptors (Lipinski definition) is 4. The number of amides is 1. The smallest absolute Gasteiger partial charge is 0.408 e. The van der Waals surface area contributed by atoms with Crippen LogP contribution in [0.4, 0.5) is 4.79 Å². The second kappa shape index (κ2) is 5.56. The van der Waals surface area contributed by atoms with Gasteiger partial charge >= 0.3 is 6.09 Å². The van der Waals surface area contributed by atoms with Crippen LogP contribution >= 0.6 is 0 Å². The molecular formula is C16H24N2O3. The van der Waals surface area contributed by atoms with Crippen molar-refractivity contribution in [1.82, 2.24) is 5.32 Å². The minimum absolute atomic E-state index is 0.318. The quantitative estimate of drug-likeness (QED) is 0.895. The van der Waals surface area contributed by atoms with Gasteiger partial charge in [0.1, 0.15) is 11.4 Å². The Bertz CT molecular complexity index is 518. The van der Waals surface area contributed by atoms with Gasteiger partial charge in [0.15, 0.2) is 0 Å². The van der Waals surface area contributed by atoms with Crippen LogP contribution in [0, 0.1) is 0 Å². The SMILES string of the molecule is COc1ccccc1C(N)C1(NC(=O)OC(C)(C)C)CC1. The molecule has 0 aliphatic heterocycles. The summed E-state index contributed by atoms with van der Waals surface area (Å²) in [5.41, 5.74) is 6.32. The number of alkyl carbamates (subject to hydrolysis) is 1. The molecule has 3 N–H and O–H groups in total. The van der Waals surface area contributed by atoms with Crippen LogP contribution in [0.1, 0.15) is 45.2 Å². The van der Waals surface area contributed by atoms with Crippen LogP contribution in [0.5, 0.6) is 5.75 Å². The van der Waals surface area contributed by atoms with Crippen LogP contribution in [-0.4, -0.2) is 24.3 Å². The molecule has 0 radical (unpaired) electrons. The Morgan fingerprint density at radius 3 is 2.48 bits per heavy atom. The molecule has 2 rings (SSSR count). The molecule has 1 aliphatic rings. The van der Waals surface area contributed by atoms with E-state index in [1.54, 1.807) is 7.11 Å². The number of benzene rings is 1. The van der Waals surface area contributed by atoms with Crippen LogP contribution in [0.25, 0.3) is 0 Å². The molecule has 0 saturated heterocycles. The zero-order chi connectivity index (χ0) is 15.7. The topological polar surface area (TPSA) is 73.6 Å². The molecule has 1 aliphatic carbocycles. The fourth-order valence-corrected chi connectivity index (χ4v) is 2.38. The summed E-state index contributed by atoms with van der Waals surface area (Å²) in [4.78, 5) is 12.0. The van der Waals surface area contributed by atoms with Crippen molar-refractivity contribution in [1.29, 1.82) is 0 Å². The molecule has 5 nitrogen and oxygen atoms in total. The predicted molar refractivity (Wildman–Crippen MR) is 81.3 cm³/mol. The van der Waals surface area contributed by atoms with Crippen molar-refractivity contribution < 1.29 is 14.3 Å². The van der Waals surface area contributed by atoms with Crippen molar-refractivity contribution in [2.24, 2.45) is 5.73 Å². The van der Waals surface area contributed by atoms with Crippen LogP contribution in [0.15, 0.2) is 24.3 Å². The van der Waals surface area contributed by atoms with Crippen molar-refractivity contribution in [3.8, 4) is 5.75 Å². The van der Waals surface area contributed by atoms with Crippen molar-refractivity contribution in [2.75, 3.05) is 7.11 Å². The van der Waals surface area contributed by atoms with E-state index in [2.05, 4.69) is 5.32 Å². The number of nitrogens with one attached hydrogen (secondary N) is 1. The average Bonchev–Trinajstić information content (AvgIpc) is 3.16. The molecule has 0 bridgehead atoms. The normalized spacial score (nSPS) is 17.8. The maximum absolute atomic E-state index is 12.0. The van der Waals surface area contributed by atoms with Gasteiger partial charge in [0.05, 0.1) is 18.7 Å². The van der Waals surface area contributed by atoms with Gasteiger partial charge in [0.2, 0.25) is 0 Å². The largest absolute Gasteiger partial charge is 0.496 e. The van der Waals surface area contributed by atoms with Crippen molar-refractivity contribution >= 4 is 6.09 Å². The van der Waals surface area contributed by atoms with Gasteiger partial charge in [-0.2, -0.15) is 0 Å². The summed E-state index contributed by atoms with van der Waals surface area (Å²) in [6.45, 7) is 5.52. The molecule has 1 unspecified atom stereocenters. The van der Waals surface area contributed by atoms with Gasteiger partial charge in [-0.05, 0) is 39.7 Å². The third-order valence-electron chi connectivity index (χ3n) is 3.61. The summed E-state index contributed by atoms with van der Waals surface area (Å²) in [5.74, 6) is 0.738. The van der Waals surface area contributed by atoms with Gasteiger partial charge in [0, 0.05) is 5.56 Å². The fraction of sp³-hybridized carbons (Fsp3) is 0.562. The first-order chi connectivity index (χ1) is 9.77. The van der Waals surface area contributed by atoms with Crippen molar-refractivity contribution in [2.45, 2.75) is 50.8 Å². The first-order valence-corrected chi connectivity index (χ1v) is 7.17. The Morgan fingerprint density at radius 1 is 1.33 bits per heavy atom. The number of methoxy groups -OCH3 is 1. The molecule has 1 atom stereocenters. The highest BCUT2D eigenvalue weighted by atomic mass is 16.6. The molecular weight excluding hydrogens is 268 g/mol. The summed E-state index contributed by atoms with van der Waals surface area (Å²) in [7, 11) is 1.62. The maximum Gasteiger partial charge on any atom is 0.408 e. The van der Waals surface area contributed by atoms with Crippen LogP contribution in [-0.2, 0) is 4.74 Å². The minimum Gasteiger partial charge on any atom is -0.496 e. The lowest BCUT2D eigenvalue weighted by Gasteiger charge is -2.28. The monoisotopic (exact) mass is 292 g/mol. The van der Waals surface area contributed by atoms with Crippen LogP contribution < -0.4 is 15.8 Å². The molecule has 1 saturated carbocycles. The summed E-state index contributed by atoms with van der Waals surface area (Å²) in [5, 5.41) is 2.93. The molecule has 1 amide bonds. The van der Waals surface area contributed by atoms with E-state index >= 15 is 0 Å². The first-order valence-electron chi connectivity index (χ1n) is 7.17. The van der Waals surface area contributed by atoms with E-state index in [9.17, 15) is 4.79 Å². The third-order valence-corrected chi connectivity index (χ3v) is 3.61. The summed E-state index contributed by atoms with van der Waals surface area (Å²) in [6, 6.07) is 7.30. The van der Waals surface area contributed by atoms with E-state index in [4.69, 9.17) is 15.2 Å². The van der Waals surface area contributed by atoms with E-state index in [1.807, 2.05) is 45.0 Å². The number of carbonyl (C=O) groups is 1. The lowest BCUT2D eigenvalue weighted by Crippen LogP contribution is -2.46. The van der Waals surface area contributed by atoms with E-state index in [-0.39, 0.29) is 6.04 Å². The van der Waals surface area contributed by atoms with E-state index in [0.717, 1.165) is 24.2 Å². The molecule has 1 aromatic rings. The number of rotatable bonds is 4. The molecule has 1 aromatic carbocycles. The van der Waals surface area contributed by atoms with Gasteiger partial charge in [0.25, 0.3) is 0 Å². The zero-order valence-corrected chi connectivity index (χ0v) is 13.1. The molecule has 1 fully saturated rings. The lowest BCUT2D eigenvalue weighted by atomic mass is 9.97. The zero-order valence-electron chi connectivity index (χ0n) is 13.1. The van der Waals surface area contributed by atoms with Crippen molar-refractivity contribution in [3.63, 3.8) is 0 Å². The molecule has 0 heterocycles. The highest BCUT2D eigenvalue weighted by Gasteiger charge is 2.51. The third kappa shape index (κ3) is 3.67. The Balaban J connectivity index is 2.11. The highest BCUT2D eigenvalue weighted by molar-refractivity contribution is 5.70. The highest BCUT2D eigenvalue weighted by Crippen LogP contribution is 2.46. The number of carbonyl (C=O) groups excluding carboxylic acids is 1. The number of nitrogens with two attached hydrogens (primary N) is 1. The molecule has 5 heteroatoms. The Hall–Kier alpha value is -1.75. The standard InChI is InChI=1S/C16H24N2O3/c1-15(2,3)21-14(19)18-16(9-10-16)13(17)11-7-5-6-8-12(11)20-4/h5-8,13H,9-10,17H2,1-4H3,(H,18,19). The Labute approximate surface area is 125 Å². The average molecular weight is 292 g/mol. The molecule has 116 valence electrons. The lowest BCUT2D eigenvalue weighted by molar-refractivity contribution is 0.0487. The van der Waals surface area contributed by atoms with Gasteiger partial charge < -0.3 is 20.5 Å². The van der Waals surface area contributed by atoms with Gasteiger partial charge in [-0.1, -0.05) is 18.2 Å². The molecule has 21 heavy (non-hydrogen) atoms. The molecule has 0 aromatic heterocycles.